The van der Waals surface area contributed by atoms with Crippen LogP contribution < -0.4 is 23.8 Å². The van der Waals surface area contributed by atoms with Crippen LogP contribution in [0.15, 0.2) is 200 Å². The highest BCUT2D eigenvalue weighted by atomic mass is 32.1. The molecule has 7 aromatic carbocycles. The molecule has 1 aromatic heterocycles. The first-order chi connectivity index (χ1) is 29.9. The summed E-state index contributed by atoms with van der Waals surface area (Å²) in [6.45, 7) is 0. The van der Waals surface area contributed by atoms with E-state index in [1.54, 1.807) is 6.07 Å². The van der Waals surface area contributed by atoms with Gasteiger partial charge in [-0.2, -0.15) is 5.26 Å². The van der Waals surface area contributed by atoms with Crippen LogP contribution in [0.2, 0.25) is 0 Å². The lowest BCUT2D eigenvalue weighted by atomic mass is 9.97. The molecule has 0 aliphatic carbocycles. The van der Waals surface area contributed by atoms with Gasteiger partial charge < -0.3 is 29.0 Å². The Labute approximate surface area is 356 Å². The summed E-state index contributed by atoms with van der Waals surface area (Å²) < 4.78 is 27.3. The fourth-order valence-electron chi connectivity index (χ4n) is 7.79. The first kappa shape index (κ1) is 37.2. The molecular formula is C52H34N2O6S. The fraction of sp³-hybridized carbons (Fsp3) is 0.0385. The number of thiophene rings is 1. The molecule has 8 nitrogen and oxygen atoms in total. The summed E-state index contributed by atoms with van der Waals surface area (Å²) in [5, 5.41) is 18.7. The molecule has 0 fully saturated rings. The van der Waals surface area contributed by atoms with Crippen molar-refractivity contribution in [1.82, 2.24) is 0 Å². The van der Waals surface area contributed by atoms with Crippen LogP contribution in [-0.4, -0.2) is 11.1 Å². The monoisotopic (exact) mass is 814 g/mol. The molecule has 294 valence electrons. The van der Waals surface area contributed by atoms with E-state index < -0.39 is 17.5 Å². The Kier molecular flexibility index (Phi) is 9.32. The third kappa shape index (κ3) is 6.71. The SMILES string of the molecule is N#C/C(=C\c1ccc(-c2ccc(N(c3ccc4c(c3)OC(c3ccccc3)(c3ccccc3)O4)c3ccc4c(c3)OC(c3ccccc3)(c3ccccc3)O4)cc2)s1)C(=O)O. The van der Waals surface area contributed by atoms with Gasteiger partial charge in [0.05, 0.1) is 11.4 Å². The minimum Gasteiger partial charge on any atom is -0.477 e. The molecular weight excluding hydrogens is 781 g/mol. The Morgan fingerprint density at radius 2 is 0.934 bits per heavy atom. The molecule has 0 amide bonds. The molecule has 9 heteroatoms. The second-order valence-electron chi connectivity index (χ2n) is 14.4. The average Bonchev–Trinajstić information content (AvgIpc) is 4.06. The second-order valence-corrected chi connectivity index (χ2v) is 15.5. The van der Waals surface area contributed by atoms with Gasteiger partial charge in [-0.1, -0.05) is 133 Å². The predicted octanol–water partition coefficient (Wildman–Crippen LogP) is 12.2. The van der Waals surface area contributed by atoms with Crippen LogP contribution in [0.1, 0.15) is 27.1 Å². The number of carboxylic acids is 1. The number of hydrogen-bond acceptors (Lipinski definition) is 8. The molecule has 0 spiro atoms. The lowest BCUT2D eigenvalue weighted by Crippen LogP contribution is -2.36. The van der Waals surface area contributed by atoms with Gasteiger partial charge in [0.1, 0.15) is 11.6 Å². The van der Waals surface area contributed by atoms with Gasteiger partial charge in [0.2, 0.25) is 0 Å². The lowest BCUT2D eigenvalue weighted by molar-refractivity contribution is -0.132. The molecule has 10 rings (SSSR count). The van der Waals surface area contributed by atoms with Crippen LogP contribution in [0.5, 0.6) is 23.0 Å². The second kappa shape index (κ2) is 15.3. The van der Waals surface area contributed by atoms with E-state index in [9.17, 15) is 15.2 Å². The molecule has 2 aliphatic heterocycles. The van der Waals surface area contributed by atoms with Gasteiger partial charge in [0.15, 0.2) is 23.0 Å². The molecule has 1 N–H and O–H groups in total. The zero-order chi connectivity index (χ0) is 41.4. The van der Waals surface area contributed by atoms with E-state index in [0.29, 0.717) is 27.9 Å². The molecule has 8 aromatic rings. The molecule has 0 saturated heterocycles. The Morgan fingerprint density at radius 3 is 1.34 bits per heavy atom. The van der Waals surface area contributed by atoms with Crippen LogP contribution in [0.4, 0.5) is 17.1 Å². The summed E-state index contributed by atoms with van der Waals surface area (Å²) in [7, 11) is 0. The molecule has 0 unspecified atom stereocenters. The van der Waals surface area contributed by atoms with Gasteiger partial charge in [-0.3, -0.25) is 0 Å². The van der Waals surface area contributed by atoms with Crippen LogP contribution in [0, 0.1) is 11.3 Å². The summed E-state index contributed by atoms with van der Waals surface area (Å²) in [6, 6.07) is 65.2. The van der Waals surface area contributed by atoms with Crippen molar-refractivity contribution >= 4 is 40.4 Å². The van der Waals surface area contributed by atoms with E-state index in [1.807, 2.05) is 194 Å². The van der Waals surface area contributed by atoms with Gasteiger partial charge in [0, 0.05) is 49.8 Å². The van der Waals surface area contributed by atoms with Crippen molar-refractivity contribution in [2.75, 3.05) is 4.90 Å². The van der Waals surface area contributed by atoms with Crippen LogP contribution in [-0.2, 0) is 16.4 Å². The third-order valence-electron chi connectivity index (χ3n) is 10.7. The minimum absolute atomic E-state index is 0.318. The largest absolute Gasteiger partial charge is 0.477 e. The lowest BCUT2D eigenvalue weighted by Gasteiger charge is -2.28. The number of ether oxygens (including phenoxy) is 4. The Morgan fingerprint density at radius 1 is 0.525 bits per heavy atom. The molecule has 0 bridgehead atoms. The molecule has 0 saturated carbocycles. The highest BCUT2D eigenvalue weighted by Crippen LogP contribution is 2.53. The van der Waals surface area contributed by atoms with Crippen molar-refractivity contribution in [3.8, 4) is 39.5 Å². The Bertz CT molecular complexity index is 2740. The molecule has 0 radical (unpaired) electrons. The maximum Gasteiger partial charge on any atom is 0.346 e. The van der Waals surface area contributed by atoms with Crippen LogP contribution in [0.3, 0.4) is 0 Å². The van der Waals surface area contributed by atoms with Gasteiger partial charge >= 0.3 is 17.5 Å². The number of rotatable bonds is 10. The van der Waals surface area contributed by atoms with Gasteiger partial charge in [-0.15, -0.1) is 11.3 Å². The van der Waals surface area contributed by atoms with E-state index in [4.69, 9.17) is 18.9 Å². The molecule has 3 heterocycles. The van der Waals surface area contributed by atoms with Crippen molar-refractivity contribution in [1.29, 1.82) is 5.26 Å². The normalized spacial score (nSPS) is 14.2. The van der Waals surface area contributed by atoms with Crippen LogP contribution in [0.25, 0.3) is 16.5 Å². The number of nitriles is 1. The van der Waals surface area contributed by atoms with Gasteiger partial charge in [0.25, 0.3) is 0 Å². The highest BCUT2D eigenvalue weighted by Gasteiger charge is 2.47. The highest BCUT2D eigenvalue weighted by molar-refractivity contribution is 7.16. The third-order valence-corrected chi connectivity index (χ3v) is 11.8. The van der Waals surface area contributed by atoms with Crippen molar-refractivity contribution in [2.45, 2.75) is 11.6 Å². The summed E-state index contributed by atoms with van der Waals surface area (Å²) in [5.74, 6) is -1.27. The summed E-state index contributed by atoms with van der Waals surface area (Å²) in [4.78, 5) is 15.2. The number of hydrogen-bond donors (Lipinski definition) is 1. The first-order valence-corrected chi connectivity index (χ1v) is 20.4. The number of fused-ring (bicyclic) bond motifs is 2. The minimum atomic E-state index is -1.26. The van der Waals surface area contributed by atoms with E-state index in [-0.39, 0.29) is 5.57 Å². The van der Waals surface area contributed by atoms with Crippen molar-refractivity contribution in [2.24, 2.45) is 0 Å². The number of benzene rings is 7. The summed E-state index contributed by atoms with van der Waals surface area (Å²) in [5.41, 5.74) is 6.54. The first-order valence-electron chi connectivity index (χ1n) is 19.5. The zero-order valence-electron chi connectivity index (χ0n) is 32.3. The maximum absolute atomic E-state index is 11.5. The Hall–Kier alpha value is -8.06. The van der Waals surface area contributed by atoms with Gasteiger partial charge in [-0.05, 0) is 60.2 Å². The van der Waals surface area contributed by atoms with Crippen molar-refractivity contribution in [3.63, 3.8) is 0 Å². The number of anilines is 3. The maximum atomic E-state index is 11.5. The Balaban J connectivity index is 1.06. The average molecular weight is 815 g/mol. The van der Waals surface area contributed by atoms with E-state index in [0.717, 1.165) is 49.8 Å². The van der Waals surface area contributed by atoms with Crippen LogP contribution >= 0.6 is 11.3 Å². The molecule has 0 atom stereocenters. The van der Waals surface area contributed by atoms with Gasteiger partial charge in [-0.25, -0.2) is 4.79 Å². The number of nitrogens with zero attached hydrogens (tertiary/aromatic N) is 2. The van der Waals surface area contributed by atoms with E-state index >= 15 is 0 Å². The summed E-state index contributed by atoms with van der Waals surface area (Å²) in [6.07, 6.45) is 1.39. The number of carboxylic acid groups (broad SMARTS) is 1. The smallest absolute Gasteiger partial charge is 0.346 e. The topological polar surface area (TPSA) is 101 Å². The van der Waals surface area contributed by atoms with Crippen molar-refractivity contribution < 1.29 is 28.8 Å². The zero-order valence-corrected chi connectivity index (χ0v) is 33.2. The number of aliphatic carboxylic acids is 1. The van der Waals surface area contributed by atoms with E-state index in [2.05, 4.69) is 4.90 Å². The number of carbonyl (C=O) groups is 1. The predicted molar refractivity (Wildman–Crippen MR) is 236 cm³/mol. The molecule has 2 aliphatic rings. The standard InChI is InChI=1S/C52H34N2O6S/c53-34-36(50(55)56)31-44-27-30-49(61-44)35-21-23-41(24-22-35)54(42-25-28-45-47(32-42)59-51(57-45,37-13-5-1-6-14-37)38-15-7-2-8-16-38)43-26-29-46-48(33-43)60-52(58-46,39-17-9-3-10-18-39)40-19-11-4-12-20-40/h1-33H,(H,55,56)/b36-31+. The van der Waals surface area contributed by atoms with Crippen molar-refractivity contribution in [3.05, 3.63) is 227 Å². The fourth-order valence-corrected chi connectivity index (χ4v) is 8.74. The summed E-state index contributed by atoms with van der Waals surface area (Å²) >= 11 is 1.41. The van der Waals surface area contributed by atoms with E-state index in [1.165, 1.54) is 17.4 Å². The molecule has 61 heavy (non-hydrogen) atoms. The quantitative estimate of drug-likeness (QED) is 0.108.